The van der Waals surface area contributed by atoms with E-state index in [1.807, 2.05) is 31.2 Å². The van der Waals surface area contributed by atoms with Crippen LogP contribution in [0.2, 0.25) is 0 Å². The predicted molar refractivity (Wildman–Crippen MR) is 340 cm³/mol. The Morgan fingerprint density at radius 3 is 1.42 bits per heavy atom. The first-order valence-electron chi connectivity index (χ1n) is 30.7. The van der Waals surface area contributed by atoms with Crippen LogP contribution in [0.15, 0.2) is 58.1 Å². The number of aryl methyl sites for hydroxylation is 4. The number of alkyl carbamates (subject to hydrolysis) is 2. The number of pyridine rings is 4. The highest BCUT2D eigenvalue weighted by Gasteiger charge is 2.51. The summed E-state index contributed by atoms with van der Waals surface area (Å²) in [5.41, 5.74) is 6.13. The molecule has 2 amide bonds. The Balaban J connectivity index is 0.000000200. The largest absolute Gasteiger partial charge is 0.481 e. The van der Waals surface area contributed by atoms with Gasteiger partial charge in [-0.05, 0) is 149 Å². The first kappa shape index (κ1) is 70.9. The van der Waals surface area contributed by atoms with Gasteiger partial charge in [0.2, 0.25) is 5.60 Å². The molecule has 0 aliphatic carbocycles. The molecule has 0 unspecified atom stereocenters. The Hall–Kier alpha value is -9.52. The van der Waals surface area contributed by atoms with Crippen molar-refractivity contribution in [2.24, 2.45) is 0 Å². The zero-order valence-electron chi connectivity index (χ0n) is 55.3. The van der Waals surface area contributed by atoms with Gasteiger partial charge in [-0.2, -0.15) is 0 Å². The molecule has 5 N–H and O–H groups in total. The van der Waals surface area contributed by atoms with Crippen LogP contribution in [0.3, 0.4) is 0 Å². The summed E-state index contributed by atoms with van der Waals surface area (Å²) in [6, 6.07) is 15.7. The van der Waals surface area contributed by atoms with Crippen molar-refractivity contribution >= 4 is 69.8 Å². The SMILES string of the molecule is CC(C)(C)OC(=O)CCC(=O)O.CC(C)(C)OC(=O)NCC(=O)O.CCc1c2c(nc3ccc(C)cc13)-c1cc3c(c(=O)n1C2)COC(=O)[C@@]3(CC)OC(=O)CNC(=O)OC(C)(C)C.CCc1c2c(nc3ccc(C)cc13)-c1cc3c(c(=O)n1C2)COC(=O)[C@]3(O)CC. The molecule has 2 atom stereocenters. The highest BCUT2D eigenvalue weighted by molar-refractivity contribution is 5.92. The van der Waals surface area contributed by atoms with E-state index in [4.69, 9.17) is 48.6 Å². The molecule has 0 spiro atoms. The third-order valence-corrected chi connectivity index (χ3v) is 15.4. The van der Waals surface area contributed by atoms with Crippen molar-refractivity contribution in [1.29, 1.82) is 0 Å². The van der Waals surface area contributed by atoms with Crippen LogP contribution in [-0.2, 0) is 108 Å². The molecule has 10 rings (SSSR count). The number of carboxylic acid groups (broad SMARTS) is 2. The zero-order valence-corrected chi connectivity index (χ0v) is 55.3. The van der Waals surface area contributed by atoms with Crippen LogP contribution < -0.4 is 21.8 Å². The molecule has 25 nitrogen and oxygen atoms in total. The van der Waals surface area contributed by atoms with Crippen molar-refractivity contribution in [2.45, 2.75) is 197 Å². The van der Waals surface area contributed by atoms with E-state index >= 15 is 0 Å². The molecular weight excluding hydrogens is 1200 g/mol. The lowest BCUT2D eigenvalue weighted by atomic mass is 9.85. The van der Waals surface area contributed by atoms with Crippen LogP contribution in [0.1, 0.15) is 171 Å². The maximum Gasteiger partial charge on any atom is 0.408 e. The number of hydrogen-bond acceptors (Lipinski definition) is 19. The van der Waals surface area contributed by atoms with Gasteiger partial charge in [-0.3, -0.25) is 28.8 Å². The van der Waals surface area contributed by atoms with E-state index in [-0.39, 0.29) is 61.1 Å². The lowest BCUT2D eigenvalue weighted by Crippen LogP contribution is -2.49. The number of carbonyl (C=O) groups excluding carboxylic acids is 6. The summed E-state index contributed by atoms with van der Waals surface area (Å²) in [5.74, 6) is -4.89. The number of nitrogens with zero attached hydrogens (tertiary/aromatic N) is 4. The standard InChI is InChI=1S/C30H33N3O7.C23H22N2O4.C8H14O4.C7H13NO4/c1-7-17-18-11-16(3)9-10-22(18)32-25-19(17)14-33-23(25)12-21-20(26(33)35)15-38-27(36)30(21,8-2)39-24(34)13-31-28(37)40-29(4,5)6;1-4-13-14-8-12(3)6-7-18(14)24-20-15(13)10-25-19(20)9-17-16(21(25)26)11-29-22(27)23(17,28)5-2;1-8(2,3)12-7(11)5-4-6(9)10;1-7(2,3)12-6(11)8-4-5(9)10/h9-12H,7-8,13-15H2,1-6H3,(H,31,37);6-9,28H,4-5,10-11H2,1-3H3;4-5H2,1-3H3,(H,9,10);4H2,1-3H3,(H,8,11)(H,9,10)/t30-;23-;;/m00../s1. The average molecular weight is 1290 g/mol. The molecule has 0 saturated heterocycles. The van der Waals surface area contributed by atoms with E-state index in [0.29, 0.717) is 41.3 Å². The van der Waals surface area contributed by atoms with E-state index in [1.54, 1.807) is 97.4 Å². The van der Waals surface area contributed by atoms with Crippen LogP contribution in [0.4, 0.5) is 9.59 Å². The Kier molecular flexibility index (Phi) is 21.2. The van der Waals surface area contributed by atoms with E-state index < -0.39 is 89.1 Å². The lowest BCUT2D eigenvalue weighted by molar-refractivity contribution is -0.188. The van der Waals surface area contributed by atoms with E-state index in [0.717, 1.165) is 62.6 Å². The van der Waals surface area contributed by atoms with Gasteiger partial charge in [0, 0.05) is 33.0 Å². The monoisotopic (exact) mass is 1290 g/mol. The maximum absolute atomic E-state index is 13.8. The Morgan fingerprint density at radius 1 is 0.559 bits per heavy atom. The third kappa shape index (κ3) is 15.9. The topological polar surface area (TPSA) is 346 Å². The molecule has 6 aromatic rings. The Bertz CT molecular complexity index is 4080. The summed E-state index contributed by atoms with van der Waals surface area (Å²) in [7, 11) is 0. The lowest BCUT2D eigenvalue weighted by Gasteiger charge is -2.35. The number of fused-ring (bicyclic) bond motifs is 10. The molecule has 2 aromatic carbocycles. The van der Waals surface area contributed by atoms with Gasteiger partial charge in [-0.25, -0.2) is 29.1 Å². The first-order valence-corrected chi connectivity index (χ1v) is 30.7. The highest BCUT2D eigenvalue weighted by atomic mass is 16.6. The van der Waals surface area contributed by atoms with Crippen molar-refractivity contribution in [1.82, 2.24) is 29.7 Å². The van der Waals surface area contributed by atoms with Gasteiger partial charge in [-0.15, -0.1) is 0 Å². The zero-order chi connectivity index (χ0) is 69.0. The number of carboxylic acids is 2. The fourth-order valence-electron chi connectivity index (χ4n) is 11.3. The molecule has 0 bridgehead atoms. The minimum absolute atomic E-state index is 0.0252. The minimum Gasteiger partial charge on any atom is -0.481 e. The number of rotatable bonds is 12. The van der Waals surface area contributed by atoms with Crippen molar-refractivity contribution in [2.75, 3.05) is 13.1 Å². The van der Waals surface area contributed by atoms with Crippen LogP contribution in [0.5, 0.6) is 0 Å². The number of benzene rings is 2. The van der Waals surface area contributed by atoms with Gasteiger partial charge in [-0.1, -0.05) is 51.0 Å². The van der Waals surface area contributed by atoms with Gasteiger partial charge < -0.3 is 63.5 Å². The maximum atomic E-state index is 13.8. The van der Waals surface area contributed by atoms with Crippen LogP contribution in [0, 0.1) is 13.8 Å². The van der Waals surface area contributed by atoms with Crippen molar-refractivity contribution in [3.63, 3.8) is 0 Å². The van der Waals surface area contributed by atoms with Crippen LogP contribution in [0.25, 0.3) is 44.6 Å². The summed E-state index contributed by atoms with van der Waals surface area (Å²) in [6.45, 7) is 26.6. The minimum atomic E-state index is -1.85. The summed E-state index contributed by atoms with van der Waals surface area (Å²) >= 11 is 0. The van der Waals surface area contributed by atoms with Crippen LogP contribution in [-0.4, -0.2) is 112 Å². The number of carbonyl (C=O) groups is 8. The first-order chi connectivity index (χ1) is 43.4. The molecule has 0 radical (unpaired) electrons. The second kappa shape index (κ2) is 27.7. The molecule has 8 heterocycles. The molecule has 4 aromatic heterocycles. The molecule has 4 aliphatic heterocycles. The summed E-state index contributed by atoms with van der Waals surface area (Å²) in [6.07, 6.45) is 0.00135. The number of nitrogens with one attached hydrogen (secondary N) is 2. The van der Waals surface area contributed by atoms with Gasteiger partial charge >= 0.3 is 48.0 Å². The second-order valence-electron chi connectivity index (χ2n) is 25.8. The number of aromatic nitrogens is 4. The number of aliphatic hydroxyl groups is 1. The number of esters is 4. The molecule has 0 saturated carbocycles. The second-order valence-corrected chi connectivity index (χ2v) is 25.8. The fraction of sp³-hybridized carbons (Fsp3) is 0.471. The molecule has 4 aliphatic rings. The predicted octanol–water partition coefficient (Wildman–Crippen LogP) is 8.77. The smallest absolute Gasteiger partial charge is 0.408 e. The van der Waals surface area contributed by atoms with E-state index in [9.17, 15) is 53.1 Å². The van der Waals surface area contributed by atoms with Gasteiger partial charge in [0.1, 0.15) is 43.1 Å². The number of aliphatic carboxylic acids is 2. The molecule has 0 fully saturated rings. The van der Waals surface area contributed by atoms with Gasteiger partial charge in [0.05, 0.1) is 70.9 Å². The summed E-state index contributed by atoms with van der Waals surface area (Å²) in [5, 5.41) is 34.0. The molecule has 498 valence electrons. The highest BCUT2D eigenvalue weighted by Crippen LogP contribution is 2.44. The van der Waals surface area contributed by atoms with E-state index in [1.165, 1.54) is 11.1 Å². The number of hydrogen-bond donors (Lipinski definition) is 5. The molecular formula is C68H82N6O19. The number of amides is 2. The van der Waals surface area contributed by atoms with Gasteiger partial charge in [0.25, 0.3) is 11.1 Å². The molecule has 93 heavy (non-hydrogen) atoms. The number of ether oxygens (including phenoxy) is 6. The van der Waals surface area contributed by atoms with Crippen LogP contribution >= 0.6 is 0 Å². The Morgan fingerprint density at radius 2 is 1.00 bits per heavy atom. The average Bonchev–Trinajstić information content (AvgIpc) is 1.63. The summed E-state index contributed by atoms with van der Waals surface area (Å²) in [4.78, 5) is 129. The molecule has 25 heteroatoms. The quantitative estimate of drug-likeness (QED) is 0.0563. The number of cyclic esters (lactones) is 2. The van der Waals surface area contributed by atoms with Gasteiger partial charge in [0.15, 0.2) is 5.60 Å². The normalized spacial score (nSPS) is 16.4. The van der Waals surface area contributed by atoms with E-state index in [2.05, 4.69) is 43.5 Å². The van der Waals surface area contributed by atoms with Crippen molar-refractivity contribution in [3.8, 4) is 22.8 Å². The summed E-state index contributed by atoms with van der Waals surface area (Å²) < 4.78 is 34.4. The fourth-order valence-corrected chi connectivity index (χ4v) is 11.3. The third-order valence-electron chi connectivity index (χ3n) is 15.4. The van der Waals surface area contributed by atoms with Crippen molar-refractivity contribution in [3.05, 3.63) is 125 Å². The Labute approximate surface area is 537 Å². The van der Waals surface area contributed by atoms with Crippen molar-refractivity contribution < 1.29 is 82.1 Å².